The topological polar surface area (TPSA) is 65.4 Å². The van der Waals surface area contributed by atoms with Crippen LogP contribution in [0.5, 0.6) is 0 Å². The van der Waals surface area contributed by atoms with E-state index in [2.05, 4.69) is 24.0 Å². The van der Waals surface area contributed by atoms with Crippen molar-refractivity contribution in [1.82, 2.24) is 14.8 Å². The van der Waals surface area contributed by atoms with Gasteiger partial charge in [-0.25, -0.2) is 0 Å². The van der Waals surface area contributed by atoms with Crippen molar-refractivity contribution in [3.63, 3.8) is 0 Å². The Bertz CT molecular complexity index is 646. The van der Waals surface area contributed by atoms with Gasteiger partial charge in [-0.05, 0) is 38.7 Å². The molecule has 1 fully saturated rings. The van der Waals surface area contributed by atoms with Crippen LogP contribution in [-0.4, -0.2) is 53.9 Å². The van der Waals surface area contributed by atoms with Gasteiger partial charge in [-0.1, -0.05) is 0 Å². The molecule has 2 aromatic rings. The molecule has 1 aliphatic heterocycles. The molecule has 1 unspecified atom stereocenters. The molecule has 0 radical (unpaired) electrons. The van der Waals surface area contributed by atoms with Crippen LogP contribution >= 0.6 is 0 Å². The molecule has 20 heavy (non-hydrogen) atoms. The third-order valence-electron chi connectivity index (χ3n) is 4.12. The van der Waals surface area contributed by atoms with E-state index in [-0.39, 0.29) is 5.91 Å². The van der Waals surface area contributed by atoms with E-state index in [1.807, 2.05) is 23.1 Å². The number of likely N-dealkylation sites (N-methyl/N-ethyl adjacent to an activating group) is 1. The first-order chi connectivity index (χ1) is 9.56. The van der Waals surface area contributed by atoms with Crippen LogP contribution in [0.1, 0.15) is 16.8 Å². The van der Waals surface area contributed by atoms with E-state index in [0.29, 0.717) is 17.3 Å². The van der Waals surface area contributed by atoms with Gasteiger partial charge in [0.05, 0.1) is 5.56 Å². The fourth-order valence-electron chi connectivity index (χ4n) is 2.83. The zero-order valence-corrected chi connectivity index (χ0v) is 11.9. The number of benzene rings is 1. The quantitative estimate of drug-likeness (QED) is 0.815. The van der Waals surface area contributed by atoms with E-state index in [9.17, 15) is 4.79 Å². The van der Waals surface area contributed by atoms with Gasteiger partial charge in [0.15, 0.2) is 0 Å². The van der Waals surface area contributed by atoms with Crippen molar-refractivity contribution in [2.45, 2.75) is 12.5 Å². The van der Waals surface area contributed by atoms with Gasteiger partial charge in [-0.3, -0.25) is 4.79 Å². The number of aromatic nitrogens is 1. The number of nitrogens with two attached hydrogens (primary N) is 1. The van der Waals surface area contributed by atoms with Crippen molar-refractivity contribution in [2.75, 3.05) is 32.9 Å². The fourth-order valence-corrected chi connectivity index (χ4v) is 2.83. The highest BCUT2D eigenvalue weighted by atomic mass is 16.2. The maximum absolute atomic E-state index is 12.6. The van der Waals surface area contributed by atoms with Gasteiger partial charge >= 0.3 is 0 Å². The van der Waals surface area contributed by atoms with E-state index >= 15 is 0 Å². The van der Waals surface area contributed by atoms with Gasteiger partial charge in [0.1, 0.15) is 0 Å². The second kappa shape index (κ2) is 4.83. The molecule has 1 aliphatic rings. The van der Waals surface area contributed by atoms with Crippen LogP contribution in [0.4, 0.5) is 5.69 Å². The summed E-state index contributed by atoms with van der Waals surface area (Å²) in [6.45, 7) is 1.61. The van der Waals surface area contributed by atoms with Crippen LogP contribution in [0.2, 0.25) is 0 Å². The number of nitrogens with one attached hydrogen (secondary N) is 1. The summed E-state index contributed by atoms with van der Waals surface area (Å²) in [4.78, 5) is 19.9. The Hall–Kier alpha value is -2.01. The molecule has 1 aromatic heterocycles. The zero-order valence-electron chi connectivity index (χ0n) is 11.9. The smallest absolute Gasteiger partial charge is 0.256 e. The van der Waals surface area contributed by atoms with Crippen molar-refractivity contribution in [2.24, 2.45) is 0 Å². The molecule has 0 spiro atoms. The third-order valence-corrected chi connectivity index (χ3v) is 4.12. The number of likely N-dealkylation sites (tertiary alicyclic amines) is 1. The van der Waals surface area contributed by atoms with E-state index in [4.69, 9.17) is 5.73 Å². The summed E-state index contributed by atoms with van der Waals surface area (Å²) in [6.07, 6.45) is 2.82. The first-order valence-corrected chi connectivity index (χ1v) is 6.88. The summed E-state index contributed by atoms with van der Waals surface area (Å²) in [7, 11) is 4.12. The number of hydrogen-bond acceptors (Lipinski definition) is 3. The standard InChI is InChI=1S/C15H20N4O/c1-18(2)11-5-6-19(9-11)15(20)13-8-17-14-4-3-10(16)7-12(13)14/h3-4,7-8,11,17H,5-6,9,16H2,1-2H3. The van der Waals surface area contributed by atoms with Crippen LogP contribution in [0.25, 0.3) is 10.9 Å². The average Bonchev–Trinajstić information content (AvgIpc) is 3.04. The van der Waals surface area contributed by atoms with Crippen molar-refractivity contribution in [3.8, 4) is 0 Å². The summed E-state index contributed by atoms with van der Waals surface area (Å²) in [6, 6.07) is 6.06. The van der Waals surface area contributed by atoms with Crippen molar-refractivity contribution in [1.29, 1.82) is 0 Å². The molecular weight excluding hydrogens is 252 g/mol. The summed E-state index contributed by atoms with van der Waals surface area (Å²) < 4.78 is 0. The SMILES string of the molecule is CN(C)C1CCN(C(=O)c2c[nH]c3ccc(N)cc23)C1. The highest BCUT2D eigenvalue weighted by Crippen LogP contribution is 2.24. The molecular formula is C15H20N4O. The Kier molecular flexibility index (Phi) is 3.14. The van der Waals surface area contributed by atoms with Crippen molar-refractivity contribution in [3.05, 3.63) is 30.0 Å². The Morgan fingerprint density at radius 3 is 2.95 bits per heavy atom. The Balaban J connectivity index is 1.88. The molecule has 1 saturated heterocycles. The number of carbonyl (C=O) groups is 1. The predicted molar refractivity (Wildman–Crippen MR) is 80.7 cm³/mol. The highest BCUT2D eigenvalue weighted by Gasteiger charge is 2.29. The molecule has 5 nitrogen and oxygen atoms in total. The van der Waals surface area contributed by atoms with Crippen LogP contribution in [0.3, 0.4) is 0 Å². The lowest BCUT2D eigenvalue weighted by Gasteiger charge is -2.20. The van der Waals surface area contributed by atoms with E-state index in [1.165, 1.54) is 0 Å². The number of nitrogen functional groups attached to an aromatic ring is 1. The summed E-state index contributed by atoms with van der Waals surface area (Å²) in [5.41, 5.74) is 8.17. The summed E-state index contributed by atoms with van der Waals surface area (Å²) in [5.74, 6) is 0.0891. The number of aromatic amines is 1. The molecule has 106 valence electrons. The average molecular weight is 272 g/mol. The first-order valence-electron chi connectivity index (χ1n) is 6.88. The van der Waals surface area contributed by atoms with Crippen LogP contribution in [-0.2, 0) is 0 Å². The minimum atomic E-state index is 0.0891. The lowest BCUT2D eigenvalue weighted by molar-refractivity contribution is 0.0785. The molecule has 1 aromatic carbocycles. The molecule has 2 heterocycles. The Labute approximate surface area is 118 Å². The molecule has 0 saturated carbocycles. The van der Waals surface area contributed by atoms with Crippen molar-refractivity contribution >= 4 is 22.5 Å². The van der Waals surface area contributed by atoms with Gasteiger partial charge < -0.3 is 20.5 Å². The number of rotatable bonds is 2. The number of amides is 1. The van der Waals surface area contributed by atoms with Crippen LogP contribution in [0, 0.1) is 0 Å². The summed E-state index contributed by atoms with van der Waals surface area (Å²) >= 11 is 0. The molecule has 5 heteroatoms. The summed E-state index contributed by atoms with van der Waals surface area (Å²) in [5, 5.41) is 0.906. The maximum Gasteiger partial charge on any atom is 0.256 e. The largest absolute Gasteiger partial charge is 0.399 e. The minimum absolute atomic E-state index is 0.0891. The fraction of sp³-hybridized carbons (Fsp3) is 0.400. The van der Waals surface area contributed by atoms with Gasteiger partial charge in [-0.15, -0.1) is 0 Å². The second-order valence-electron chi connectivity index (χ2n) is 5.66. The van der Waals surface area contributed by atoms with Gasteiger partial charge in [-0.2, -0.15) is 0 Å². The predicted octanol–water partition coefficient (Wildman–Crippen LogP) is 1.53. The molecule has 0 bridgehead atoms. The molecule has 1 amide bonds. The molecule has 1 atom stereocenters. The molecule has 0 aliphatic carbocycles. The van der Waals surface area contributed by atoms with Gasteiger partial charge in [0.25, 0.3) is 5.91 Å². The second-order valence-corrected chi connectivity index (χ2v) is 5.66. The number of H-pyrrole nitrogens is 1. The highest BCUT2D eigenvalue weighted by molar-refractivity contribution is 6.07. The van der Waals surface area contributed by atoms with Gasteiger partial charge in [0, 0.05) is 41.9 Å². The maximum atomic E-state index is 12.6. The van der Waals surface area contributed by atoms with E-state index < -0.39 is 0 Å². The zero-order chi connectivity index (χ0) is 14.3. The lowest BCUT2D eigenvalue weighted by Crippen LogP contribution is -2.34. The number of carbonyl (C=O) groups excluding carboxylic acids is 1. The lowest BCUT2D eigenvalue weighted by atomic mass is 10.1. The number of hydrogen-bond donors (Lipinski definition) is 2. The number of nitrogens with zero attached hydrogens (tertiary/aromatic N) is 2. The first kappa shape index (κ1) is 13.0. The molecule has 3 N–H and O–H groups in total. The number of fused-ring (bicyclic) bond motifs is 1. The monoisotopic (exact) mass is 272 g/mol. The van der Waals surface area contributed by atoms with E-state index in [1.54, 1.807) is 6.20 Å². The number of anilines is 1. The molecule has 3 rings (SSSR count). The van der Waals surface area contributed by atoms with Gasteiger partial charge in [0.2, 0.25) is 0 Å². The van der Waals surface area contributed by atoms with Crippen molar-refractivity contribution < 1.29 is 4.79 Å². The Morgan fingerprint density at radius 1 is 1.45 bits per heavy atom. The van der Waals surface area contributed by atoms with Crippen LogP contribution in [0.15, 0.2) is 24.4 Å². The normalized spacial score (nSPS) is 19.1. The van der Waals surface area contributed by atoms with E-state index in [0.717, 1.165) is 30.4 Å². The third kappa shape index (κ3) is 2.14. The minimum Gasteiger partial charge on any atom is -0.399 e. The van der Waals surface area contributed by atoms with Crippen LogP contribution < -0.4 is 5.73 Å². The Morgan fingerprint density at radius 2 is 2.25 bits per heavy atom.